The smallest absolute Gasteiger partial charge is 0.310 e. The largest absolute Gasteiger partial charge is 0.461 e. The first kappa shape index (κ1) is 18.7. The second kappa shape index (κ2) is 6.87. The van der Waals surface area contributed by atoms with Gasteiger partial charge in [-0.05, 0) is 73.7 Å². The monoisotopic (exact) mass is 455 g/mol. The van der Waals surface area contributed by atoms with Gasteiger partial charge in [0.2, 0.25) is 5.91 Å². The third-order valence-corrected chi connectivity index (χ3v) is 7.58. The maximum atomic E-state index is 13.0. The van der Waals surface area contributed by atoms with Crippen molar-refractivity contribution < 1.29 is 19.1 Å². The molecule has 6 atom stereocenters. The number of aryl methyl sites for hydroxylation is 2. The molecule has 0 spiro atoms. The fourth-order valence-electron chi connectivity index (χ4n) is 5.29. The third kappa shape index (κ3) is 3.14. The number of benzene rings is 2. The van der Waals surface area contributed by atoms with Crippen LogP contribution in [0.3, 0.4) is 0 Å². The summed E-state index contributed by atoms with van der Waals surface area (Å²) in [6.45, 7) is 4.07. The molecule has 0 radical (unpaired) electrons. The molecule has 3 fully saturated rings. The number of fused-ring (bicyclic) bond motifs is 1. The van der Waals surface area contributed by atoms with Gasteiger partial charge in [-0.25, -0.2) is 0 Å². The van der Waals surface area contributed by atoms with Gasteiger partial charge in [0.25, 0.3) is 0 Å². The summed E-state index contributed by atoms with van der Waals surface area (Å²) in [4.78, 5) is 25.3. The molecule has 2 aliphatic carbocycles. The van der Waals surface area contributed by atoms with Gasteiger partial charge < -0.3 is 14.8 Å². The molecule has 5 nitrogen and oxygen atoms in total. The number of hydrogen-bond acceptors (Lipinski definition) is 4. The molecule has 2 bridgehead atoms. The van der Waals surface area contributed by atoms with Crippen LogP contribution in [0, 0.1) is 37.5 Å². The van der Waals surface area contributed by atoms with Gasteiger partial charge in [-0.1, -0.05) is 22.0 Å². The highest BCUT2D eigenvalue weighted by molar-refractivity contribution is 9.09. The molecule has 0 unspecified atom stereocenters. The number of amides is 1. The van der Waals surface area contributed by atoms with Crippen LogP contribution in [0.1, 0.15) is 17.5 Å². The van der Waals surface area contributed by atoms with Crippen molar-refractivity contribution in [2.45, 2.75) is 31.2 Å². The Kier molecular flexibility index (Phi) is 4.42. The average Bonchev–Trinajstić information content (AvgIpc) is 3.27. The second-order valence-corrected chi connectivity index (χ2v) is 9.46. The highest BCUT2D eigenvalue weighted by atomic mass is 79.9. The Hall–Kier alpha value is -2.34. The minimum Gasteiger partial charge on any atom is -0.461 e. The second-order valence-electron chi connectivity index (χ2n) is 8.40. The van der Waals surface area contributed by atoms with E-state index in [2.05, 4.69) is 27.3 Å². The van der Waals surface area contributed by atoms with Gasteiger partial charge in [-0.2, -0.15) is 0 Å². The lowest BCUT2D eigenvalue weighted by atomic mass is 9.79. The highest BCUT2D eigenvalue weighted by Gasteiger charge is 2.67. The van der Waals surface area contributed by atoms with Crippen LogP contribution in [0.25, 0.3) is 0 Å². The Labute approximate surface area is 177 Å². The lowest BCUT2D eigenvalue weighted by molar-refractivity contribution is -0.145. The van der Waals surface area contributed by atoms with Gasteiger partial charge in [0, 0.05) is 11.6 Å². The summed E-state index contributed by atoms with van der Waals surface area (Å²) in [6, 6.07) is 13.4. The van der Waals surface area contributed by atoms with Gasteiger partial charge in [-0.3, -0.25) is 9.59 Å². The van der Waals surface area contributed by atoms with Gasteiger partial charge >= 0.3 is 5.97 Å². The van der Waals surface area contributed by atoms with Crippen LogP contribution in [0.2, 0.25) is 0 Å². The molecule has 6 heteroatoms. The SMILES string of the molecule is Cc1cc(C)cc(Oc2ccc(NC(=O)[C@@H]3[C@H]4C[C@H]5[C@H](OC(=O)[C@@H]53)[C@H]4Br)cc2)c1. The van der Waals surface area contributed by atoms with E-state index in [4.69, 9.17) is 9.47 Å². The van der Waals surface area contributed by atoms with Crippen molar-refractivity contribution in [2.75, 3.05) is 5.32 Å². The van der Waals surface area contributed by atoms with Crippen molar-refractivity contribution in [1.82, 2.24) is 0 Å². The fraction of sp³-hybridized carbons (Fsp3) is 0.391. The summed E-state index contributed by atoms with van der Waals surface area (Å²) in [7, 11) is 0. The summed E-state index contributed by atoms with van der Waals surface area (Å²) in [5.74, 6) is 0.853. The quantitative estimate of drug-likeness (QED) is 0.540. The fourth-order valence-corrected chi connectivity index (χ4v) is 6.33. The summed E-state index contributed by atoms with van der Waals surface area (Å²) in [6.07, 6.45) is 0.806. The Bertz CT molecular complexity index is 969. The Morgan fingerprint density at radius 2 is 1.76 bits per heavy atom. The predicted octanol–water partition coefficient (Wildman–Crippen LogP) is 4.61. The predicted molar refractivity (Wildman–Crippen MR) is 112 cm³/mol. The Morgan fingerprint density at radius 1 is 1.07 bits per heavy atom. The van der Waals surface area contributed by atoms with Crippen LogP contribution in [0.15, 0.2) is 42.5 Å². The third-order valence-electron chi connectivity index (χ3n) is 6.38. The van der Waals surface area contributed by atoms with Crippen molar-refractivity contribution in [3.8, 4) is 11.5 Å². The van der Waals surface area contributed by atoms with Crippen LogP contribution < -0.4 is 10.1 Å². The lowest BCUT2D eigenvalue weighted by Gasteiger charge is -2.27. The molecular weight excluding hydrogens is 434 g/mol. The molecule has 1 aliphatic heterocycles. The van der Waals surface area contributed by atoms with Crippen LogP contribution in [-0.2, 0) is 14.3 Å². The number of halogens is 1. The lowest BCUT2D eigenvalue weighted by Crippen LogP contribution is -2.40. The number of nitrogens with one attached hydrogen (secondary N) is 1. The first-order valence-electron chi connectivity index (χ1n) is 9.92. The van der Waals surface area contributed by atoms with Crippen LogP contribution in [-0.4, -0.2) is 22.8 Å². The summed E-state index contributed by atoms with van der Waals surface area (Å²) in [5.41, 5.74) is 2.99. The van der Waals surface area contributed by atoms with Crippen molar-refractivity contribution in [3.05, 3.63) is 53.6 Å². The number of anilines is 1. The number of esters is 1. The van der Waals surface area contributed by atoms with E-state index >= 15 is 0 Å². The van der Waals surface area contributed by atoms with Gasteiger partial charge in [0.15, 0.2) is 0 Å². The molecule has 2 aromatic rings. The summed E-state index contributed by atoms with van der Waals surface area (Å²) < 4.78 is 11.4. The van der Waals surface area contributed by atoms with E-state index in [-0.39, 0.29) is 46.5 Å². The molecule has 3 aliphatic rings. The van der Waals surface area contributed by atoms with E-state index in [1.54, 1.807) is 0 Å². The Balaban J connectivity index is 1.28. The molecular formula is C23H22BrNO4. The van der Waals surface area contributed by atoms with Crippen molar-refractivity contribution in [3.63, 3.8) is 0 Å². The number of carbonyl (C=O) groups excluding carboxylic acids is 2. The van der Waals surface area contributed by atoms with E-state index in [0.717, 1.165) is 23.3 Å². The number of carbonyl (C=O) groups is 2. The van der Waals surface area contributed by atoms with E-state index in [1.807, 2.05) is 50.2 Å². The van der Waals surface area contributed by atoms with Crippen LogP contribution in [0.4, 0.5) is 5.69 Å². The van der Waals surface area contributed by atoms with E-state index < -0.39 is 0 Å². The Morgan fingerprint density at radius 3 is 2.45 bits per heavy atom. The minimum atomic E-state index is -0.332. The minimum absolute atomic E-state index is 0.0664. The molecule has 150 valence electrons. The number of rotatable bonds is 4. The number of ether oxygens (including phenoxy) is 2. The molecule has 2 saturated carbocycles. The normalized spacial score (nSPS) is 31.6. The zero-order chi connectivity index (χ0) is 20.3. The first-order valence-corrected chi connectivity index (χ1v) is 10.8. The maximum absolute atomic E-state index is 13.0. The molecule has 5 rings (SSSR count). The molecule has 1 saturated heterocycles. The molecule has 1 heterocycles. The van der Waals surface area contributed by atoms with Crippen molar-refractivity contribution >= 4 is 33.5 Å². The average molecular weight is 456 g/mol. The number of alkyl halides is 1. The molecule has 2 aromatic carbocycles. The zero-order valence-corrected chi connectivity index (χ0v) is 17.8. The van der Waals surface area contributed by atoms with Crippen LogP contribution in [0.5, 0.6) is 11.5 Å². The highest BCUT2D eigenvalue weighted by Crippen LogP contribution is 2.60. The van der Waals surface area contributed by atoms with Crippen molar-refractivity contribution in [1.29, 1.82) is 0 Å². The van der Waals surface area contributed by atoms with E-state index in [0.29, 0.717) is 11.4 Å². The number of hydrogen-bond donors (Lipinski definition) is 1. The maximum Gasteiger partial charge on any atom is 0.310 e. The van der Waals surface area contributed by atoms with E-state index in [1.165, 1.54) is 0 Å². The van der Waals surface area contributed by atoms with Crippen LogP contribution >= 0.6 is 15.9 Å². The standard InChI is InChI=1S/C23H22BrNO4/c1-11-7-12(2)9-15(8-11)28-14-5-3-13(4-6-14)25-22(26)18-16-10-17-19(18)23(27)29-21(17)20(16)24/h3-9,16-21H,10H2,1-2H3,(H,25,26)/t16-,17-,18-,19+,20+,21+/m1/s1. The van der Waals surface area contributed by atoms with Gasteiger partial charge in [-0.15, -0.1) is 0 Å². The summed E-state index contributed by atoms with van der Waals surface area (Å²) in [5, 5.41) is 2.98. The molecule has 0 aromatic heterocycles. The van der Waals surface area contributed by atoms with E-state index in [9.17, 15) is 9.59 Å². The topological polar surface area (TPSA) is 64.6 Å². The van der Waals surface area contributed by atoms with Crippen molar-refractivity contribution in [2.24, 2.45) is 23.7 Å². The molecule has 1 N–H and O–H groups in total. The first-order chi connectivity index (χ1) is 13.9. The van der Waals surface area contributed by atoms with Gasteiger partial charge in [0.1, 0.15) is 17.6 Å². The molecule has 29 heavy (non-hydrogen) atoms. The zero-order valence-electron chi connectivity index (χ0n) is 16.2. The van der Waals surface area contributed by atoms with Gasteiger partial charge in [0.05, 0.1) is 16.7 Å². The molecule has 1 amide bonds. The summed E-state index contributed by atoms with van der Waals surface area (Å²) >= 11 is 3.65.